The molecule has 1 aromatic heterocycles. The van der Waals surface area contributed by atoms with Gasteiger partial charge >= 0.3 is 5.97 Å². The van der Waals surface area contributed by atoms with Crippen molar-refractivity contribution in [3.8, 4) is 11.3 Å². The van der Waals surface area contributed by atoms with Crippen LogP contribution in [-0.4, -0.2) is 25.7 Å². The maximum atomic E-state index is 11.4. The van der Waals surface area contributed by atoms with Crippen molar-refractivity contribution in [3.05, 3.63) is 42.2 Å². The lowest BCUT2D eigenvalue weighted by molar-refractivity contribution is 0.0663. The van der Waals surface area contributed by atoms with Gasteiger partial charge in [-0.25, -0.2) is 13.2 Å². The highest BCUT2D eigenvalue weighted by Gasteiger charge is 2.12. The predicted octanol–water partition coefficient (Wildman–Crippen LogP) is 2.05. The Labute approximate surface area is 104 Å². The van der Waals surface area contributed by atoms with Gasteiger partial charge in [0.25, 0.3) is 0 Å². The zero-order valence-corrected chi connectivity index (χ0v) is 10.3. The minimum atomic E-state index is -3.30. The number of carboxylic acid groups (broad SMARTS) is 1. The van der Waals surface area contributed by atoms with Gasteiger partial charge in [-0.2, -0.15) is 0 Å². The second-order valence-electron chi connectivity index (χ2n) is 3.77. The number of aromatic carboxylic acids is 1. The number of hydrogen-bond donors (Lipinski definition) is 1. The topological polar surface area (TPSA) is 84.6 Å². The molecular formula is C12H10O5S. The van der Waals surface area contributed by atoms with Crippen LogP contribution in [0.15, 0.2) is 45.7 Å². The number of furan rings is 1. The molecule has 0 aliphatic heterocycles. The molecule has 0 amide bonds. The molecule has 2 aromatic rings. The summed E-state index contributed by atoms with van der Waals surface area (Å²) in [7, 11) is -3.30. The van der Waals surface area contributed by atoms with E-state index in [1.54, 1.807) is 12.1 Å². The summed E-state index contributed by atoms with van der Waals surface area (Å²) in [6, 6.07) is 8.96. The molecule has 1 aromatic carbocycles. The van der Waals surface area contributed by atoms with Crippen LogP contribution in [0.1, 0.15) is 10.6 Å². The highest BCUT2D eigenvalue weighted by Crippen LogP contribution is 2.24. The summed E-state index contributed by atoms with van der Waals surface area (Å²) in [5.41, 5.74) is 0.519. The molecule has 0 spiro atoms. The third-order valence-corrected chi connectivity index (χ3v) is 3.47. The van der Waals surface area contributed by atoms with E-state index in [0.717, 1.165) is 6.26 Å². The molecule has 0 fully saturated rings. The van der Waals surface area contributed by atoms with Crippen molar-refractivity contribution in [1.82, 2.24) is 0 Å². The molecule has 0 saturated carbocycles. The van der Waals surface area contributed by atoms with E-state index < -0.39 is 15.8 Å². The first-order valence-electron chi connectivity index (χ1n) is 5.01. The number of hydrogen-bond acceptors (Lipinski definition) is 4. The van der Waals surface area contributed by atoms with Gasteiger partial charge in [-0.05, 0) is 24.3 Å². The van der Waals surface area contributed by atoms with Crippen LogP contribution in [0.3, 0.4) is 0 Å². The Bertz CT molecular complexity index is 697. The van der Waals surface area contributed by atoms with Crippen LogP contribution in [0.2, 0.25) is 0 Å². The van der Waals surface area contributed by atoms with Crippen LogP contribution < -0.4 is 0 Å². The molecule has 0 bridgehead atoms. The third kappa shape index (κ3) is 2.43. The van der Waals surface area contributed by atoms with E-state index >= 15 is 0 Å². The normalized spacial score (nSPS) is 11.4. The largest absolute Gasteiger partial charge is 0.475 e. The van der Waals surface area contributed by atoms with Gasteiger partial charge in [0.1, 0.15) is 5.76 Å². The molecule has 0 aliphatic rings. The molecule has 2 rings (SSSR count). The fourth-order valence-electron chi connectivity index (χ4n) is 1.49. The van der Waals surface area contributed by atoms with E-state index in [1.807, 2.05) is 0 Å². The van der Waals surface area contributed by atoms with Gasteiger partial charge in [0, 0.05) is 11.8 Å². The highest BCUT2D eigenvalue weighted by molar-refractivity contribution is 7.90. The molecule has 18 heavy (non-hydrogen) atoms. The Morgan fingerprint density at radius 3 is 2.50 bits per heavy atom. The van der Waals surface area contributed by atoms with Gasteiger partial charge in [0.2, 0.25) is 5.76 Å². The minimum Gasteiger partial charge on any atom is -0.475 e. The Kier molecular flexibility index (Phi) is 2.96. The summed E-state index contributed by atoms with van der Waals surface area (Å²) in [4.78, 5) is 10.8. The molecule has 0 atom stereocenters. The SMILES string of the molecule is CS(=O)(=O)c1cccc(-c2ccc(C(=O)O)o2)c1. The van der Waals surface area contributed by atoms with E-state index in [4.69, 9.17) is 9.52 Å². The van der Waals surface area contributed by atoms with Crippen molar-refractivity contribution in [2.45, 2.75) is 4.90 Å². The van der Waals surface area contributed by atoms with Crippen LogP contribution in [0.25, 0.3) is 11.3 Å². The first-order valence-corrected chi connectivity index (χ1v) is 6.91. The Balaban J connectivity index is 2.48. The second-order valence-corrected chi connectivity index (χ2v) is 5.78. The lowest BCUT2D eigenvalue weighted by Gasteiger charge is -2.01. The van der Waals surface area contributed by atoms with Gasteiger partial charge < -0.3 is 9.52 Å². The van der Waals surface area contributed by atoms with E-state index in [9.17, 15) is 13.2 Å². The molecule has 6 heteroatoms. The summed E-state index contributed by atoms with van der Waals surface area (Å²) in [6.45, 7) is 0. The van der Waals surface area contributed by atoms with E-state index in [-0.39, 0.29) is 10.7 Å². The third-order valence-electron chi connectivity index (χ3n) is 2.36. The zero-order valence-electron chi connectivity index (χ0n) is 9.45. The first kappa shape index (κ1) is 12.4. The minimum absolute atomic E-state index is 0.160. The Hall–Kier alpha value is -2.08. The van der Waals surface area contributed by atoms with E-state index in [0.29, 0.717) is 11.3 Å². The smallest absolute Gasteiger partial charge is 0.371 e. The van der Waals surface area contributed by atoms with Gasteiger partial charge in [0.15, 0.2) is 9.84 Å². The predicted molar refractivity (Wildman–Crippen MR) is 64.2 cm³/mol. The van der Waals surface area contributed by atoms with Crippen LogP contribution in [-0.2, 0) is 9.84 Å². The molecule has 94 valence electrons. The summed E-state index contributed by atoms with van der Waals surface area (Å²) in [5.74, 6) is -1.03. The monoisotopic (exact) mass is 266 g/mol. The lowest BCUT2D eigenvalue weighted by Crippen LogP contribution is -1.96. The molecule has 0 radical (unpaired) electrons. The molecule has 1 heterocycles. The summed E-state index contributed by atoms with van der Waals surface area (Å²) in [6.07, 6.45) is 1.11. The molecule has 0 saturated heterocycles. The lowest BCUT2D eigenvalue weighted by atomic mass is 10.2. The van der Waals surface area contributed by atoms with Gasteiger partial charge in [-0.1, -0.05) is 12.1 Å². The van der Waals surface area contributed by atoms with Crippen LogP contribution >= 0.6 is 0 Å². The van der Waals surface area contributed by atoms with E-state index in [2.05, 4.69) is 0 Å². The number of rotatable bonds is 3. The van der Waals surface area contributed by atoms with Crippen molar-refractivity contribution in [2.24, 2.45) is 0 Å². The maximum absolute atomic E-state index is 11.4. The fraction of sp³-hybridized carbons (Fsp3) is 0.0833. The van der Waals surface area contributed by atoms with Crippen LogP contribution in [0, 0.1) is 0 Å². The molecule has 0 aliphatic carbocycles. The van der Waals surface area contributed by atoms with Gasteiger partial charge in [-0.15, -0.1) is 0 Å². The average molecular weight is 266 g/mol. The molecule has 0 unspecified atom stereocenters. The second kappa shape index (κ2) is 4.30. The van der Waals surface area contributed by atoms with Gasteiger partial charge in [0.05, 0.1) is 4.90 Å². The molecule has 1 N–H and O–H groups in total. The van der Waals surface area contributed by atoms with Crippen molar-refractivity contribution in [3.63, 3.8) is 0 Å². The van der Waals surface area contributed by atoms with Crippen LogP contribution in [0.5, 0.6) is 0 Å². The highest BCUT2D eigenvalue weighted by atomic mass is 32.2. The first-order chi connectivity index (χ1) is 8.38. The summed E-state index contributed by atoms with van der Waals surface area (Å²) in [5, 5.41) is 8.74. The van der Waals surface area contributed by atoms with Gasteiger partial charge in [-0.3, -0.25) is 0 Å². The maximum Gasteiger partial charge on any atom is 0.371 e. The van der Waals surface area contributed by atoms with E-state index in [1.165, 1.54) is 24.3 Å². The van der Waals surface area contributed by atoms with Crippen LogP contribution in [0.4, 0.5) is 0 Å². The standard InChI is InChI=1S/C12H10O5S/c1-18(15,16)9-4-2-3-8(7-9)10-5-6-11(17-10)12(13)14/h2-7H,1H3,(H,13,14). The van der Waals surface area contributed by atoms with Crippen molar-refractivity contribution in [2.75, 3.05) is 6.26 Å². The molecular weight excluding hydrogens is 256 g/mol. The Morgan fingerprint density at radius 2 is 1.94 bits per heavy atom. The van der Waals surface area contributed by atoms with Crippen molar-refractivity contribution >= 4 is 15.8 Å². The van der Waals surface area contributed by atoms with Crippen molar-refractivity contribution < 1.29 is 22.7 Å². The number of carbonyl (C=O) groups is 1. The summed E-state index contributed by atoms with van der Waals surface area (Å²) < 4.78 is 27.9. The summed E-state index contributed by atoms with van der Waals surface area (Å²) >= 11 is 0. The average Bonchev–Trinajstić information content (AvgIpc) is 2.77. The number of carboxylic acids is 1. The fourth-order valence-corrected chi connectivity index (χ4v) is 2.15. The molecule has 5 nitrogen and oxygen atoms in total. The van der Waals surface area contributed by atoms with Crippen molar-refractivity contribution in [1.29, 1.82) is 0 Å². The number of benzene rings is 1. The Morgan fingerprint density at radius 1 is 1.22 bits per heavy atom. The quantitative estimate of drug-likeness (QED) is 0.919. The number of sulfone groups is 1. The zero-order chi connectivity index (χ0) is 13.3.